The lowest BCUT2D eigenvalue weighted by Crippen LogP contribution is -2.33. The van der Waals surface area contributed by atoms with Gasteiger partial charge >= 0.3 is 0 Å². The quantitative estimate of drug-likeness (QED) is 0.455. The molecule has 0 N–H and O–H groups in total. The van der Waals surface area contributed by atoms with Crippen molar-refractivity contribution in [2.45, 2.75) is 18.7 Å². The van der Waals surface area contributed by atoms with Crippen molar-refractivity contribution in [3.05, 3.63) is 85.5 Å². The maximum absolute atomic E-state index is 6.33. The van der Waals surface area contributed by atoms with E-state index in [4.69, 9.17) is 21.4 Å². The van der Waals surface area contributed by atoms with E-state index in [0.29, 0.717) is 0 Å². The molecule has 3 nitrogen and oxygen atoms in total. The van der Waals surface area contributed by atoms with Crippen LogP contribution in [0.2, 0.25) is 5.02 Å². The summed E-state index contributed by atoms with van der Waals surface area (Å²) in [5.74, 6) is 0.928. The van der Waals surface area contributed by atoms with Crippen LogP contribution in [0.15, 0.2) is 69.6 Å². The maximum atomic E-state index is 6.33. The molecule has 130 valence electrons. The van der Waals surface area contributed by atoms with Gasteiger partial charge in [0.05, 0.1) is 20.4 Å². The Hall–Kier alpha value is -1.82. The van der Waals surface area contributed by atoms with Gasteiger partial charge in [-0.05, 0) is 46.3 Å². The number of hydrogen-bond acceptors (Lipinski definition) is 4. The first-order chi connectivity index (χ1) is 12.7. The molecule has 0 bridgehead atoms. The predicted octanol–water partition coefficient (Wildman–Crippen LogP) is 6.41. The Balaban J connectivity index is 1.59. The van der Waals surface area contributed by atoms with E-state index in [1.807, 2.05) is 36.4 Å². The predicted molar refractivity (Wildman–Crippen MR) is 109 cm³/mol. The molecule has 0 spiro atoms. The average Bonchev–Trinajstić information content (AvgIpc) is 3.28. The van der Waals surface area contributed by atoms with Gasteiger partial charge < -0.3 is 4.74 Å². The van der Waals surface area contributed by atoms with Gasteiger partial charge in [0.1, 0.15) is 5.75 Å². The third-order valence-electron chi connectivity index (χ3n) is 4.71. The zero-order valence-corrected chi connectivity index (χ0v) is 16.8. The second kappa shape index (κ2) is 6.41. The zero-order valence-electron chi connectivity index (χ0n) is 13.6. The fourth-order valence-electron chi connectivity index (χ4n) is 3.50. The summed E-state index contributed by atoms with van der Waals surface area (Å²) in [4.78, 5) is 1.19. The van der Waals surface area contributed by atoms with Crippen molar-refractivity contribution in [2.75, 3.05) is 0 Å². The van der Waals surface area contributed by atoms with Crippen molar-refractivity contribution in [1.29, 1.82) is 0 Å². The summed E-state index contributed by atoms with van der Waals surface area (Å²) in [6.07, 6.45) is 0.616. The summed E-state index contributed by atoms with van der Waals surface area (Å²) < 4.78 is 7.45. The highest BCUT2D eigenvalue weighted by molar-refractivity contribution is 9.11. The molecule has 1 aromatic heterocycles. The van der Waals surface area contributed by atoms with Gasteiger partial charge in [-0.15, -0.1) is 11.3 Å². The Bertz CT molecular complexity index is 1000. The van der Waals surface area contributed by atoms with Crippen LogP contribution in [0.5, 0.6) is 5.75 Å². The highest BCUT2D eigenvalue weighted by Crippen LogP contribution is 2.47. The van der Waals surface area contributed by atoms with Crippen molar-refractivity contribution in [2.24, 2.45) is 5.10 Å². The number of fused-ring (bicyclic) bond motifs is 3. The minimum Gasteiger partial charge on any atom is -0.464 e. The van der Waals surface area contributed by atoms with Crippen molar-refractivity contribution in [1.82, 2.24) is 5.01 Å². The van der Waals surface area contributed by atoms with Crippen molar-refractivity contribution >= 4 is 44.6 Å². The van der Waals surface area contributed by atoms with Crippen LogP contribution in [-0.2, 0) is 0 Å². The van der Waals surface area contributed by atoms with Crippen LogP contribution in [-0.4, -0.2) is 10.7 Å². The number of hydrogen-bond donors (Lipinski definition) is 0. The second-order valence-electron chi connectivity index (χ2n) is 6.31. The molecule has 0 aliphatic carbocycles. The Kier molecular flexibility index (Phi) is 4.03. The van der Waals surface area contributed by atoms with Gasteiger partial charge in [-0.3, -0.25) is 0 Å². The fourth-order valence-corrected chi connectivity index (χ4v) is 5.01. The summed E-state index contributed by atoms with van der Waals surface area (Å²) >= 11 is 11.3. The summed E-state index contributed by atoms with van der Waals surface area (Å²) in [5, 5.41) is 7.76. The van der Waals surface area contributed by atoms with Crippen LogP contribution >= 0.6 is 38.9 Å². The Labute approximate surface area is 169 Å². The number of ether oxygens (including phenoxy) is 1. The molecule has 0 fully saturated rings. The SMILES string of the molecule is Clc1ccc([C@@H]2Oc3ccccc3[C@H]3CC(c4ccc(Br)s4)=NN32)cc1. The van der Waals surface area contributed by atoms with Gasteiger partial charge in [-0.25, -0.2) is 5.01 Å². The van der Waals surface area contributed by atoms with Gasteiger partial charge in [0, 0.05) is 22.6 Å². The molecule has 0 radical (unpaired) electrons. The normalized spacial score (nSPS) is 21.0. The van der Waals surface area contributed by atoms with Gasteiger partial charge in [-0.2, -0.15) is 5.10 Å². The largest absolute Gasteiger partial charge is 0.464 e. The third-order valence-corrected chi connectivity index (χ3v) is 6.64. The van der Waals surface area contributed by atoms with Gasteiger partial charge in [-0.1, -0.05) is 41.9 Å². The molecule has 2 atom stereocenters. The molecule has 6 heteroatoms. The summed E-state index contributed by atoms with van der Waals surface area (Å²) in [7, 11) is 0. The average molecular weight is 446 g/mol. The van der Waals surface area contributed by atoms with Crippen LogP contribution in [0, 0.1) is 0 Å². The molecule has 26 heavy (non-hydrogen) atoms. The monoisotopic (exact) mass is 444 g/mol. The molecule has 0 saturated heterocycles. The van der Waals surface area contributed by atoms with E-state index in [1.165, 1.54) is 10.4 Å². The summed E-state index contributed by atoms with van der Waals surface area (Å²) in [5.41, 5.74) is 3.34. The molecule has 3 aromatic rings. The Morgan fingerprint density at radius 2 is 1.88 bits per heavy atom. The number of rotatable bonds is 2. The van der Waals surface area contributed by atoms with E-state index < -0.39 is 0 Å². The molecule has 2 aliphatic heterocycles. The first kappa shape index (κ1) is 16.4. The summed E-state index contributed by atoms with van der Waals surface area (Å²) in [6.45, 7) is 0. The zero-order chi connectivity index (χ0) is 17.7. The van der Waals surface area contributed by atoms with Gasteiger partial charge in [0.2, 0.25) is 6.23 Å². The highest BCUT2D eigenvalue weighted by atomic mass is 79.9. The van der Waals surface area contributed by atoms with E-state index in [-0.39, 0.29) is 12.3 Å². The number of nitrogens with zero attached hydrogens (tertiary/aromatic N) is 2. The first-order valence-electron chi connectivity index (χ1n) is 8.31. The minimum absolute atomic E-state index is 0.177. The minimum atomic E-state index is -0.256. The van der Waals surface area contributed by atoms with Gasteiger partial charge in [0.25, 0.3) is 0 Å². The van der Waals surface area contributed by atoms with E-state index in [9.17, 15) is 0 Å². The topological polar surface area (TPSA) is 24.8 Å². The highest BCUT2D eigenvalue weighted by Gasteiger charge is 2.41. The number of halogens is 2. The first-order valence-corrected chi connectivity index (χ1v) is 10.3. The Morgan fingerprint density at radius 1 is 1.08 bits per heavy atom. The lowest BCUT2D eigenvalue weighted by atomic mass is 9.98. The second-order valence-corrected chi connectivity index (χ2v) is 9.21. The lowest BCUT2D eigenvalue weighted by molar-refractivity contribution is -0.0190. The van der Waals surface area contributed by atoms with E-state index in [0.717, 1.165) is 32.3 Å². The van der Waals surface area contributed by atoms with Crippen LogP contribution in [0.4, 0.5) is 0 Å². The van der Waals surface area contributed by atoms with E-state index >= 15 is 0 Å². The van der Waals surface area contributed by atoms with E-state index in [1.54, 1.807) is 11.3 Å². The number of thiophene rings is 1. The molecule has 0 saturated carbocycles. The lowest BCUT2D eigenvalue weighted by Gasteiger charge is -2.38. The Morgan fingerprint density at radius 3 is 2.65 bits per heavy atom. The smallest absolute Gasteiger partial charge is 0.213 e. The molecule has 3 heterocycles. The van der Waals surface area contributed by atoms with Crippen molar-refractivity contribution in [3.8, 4) is 5.75 Å². The molecular formula is C20H14BrClN2OS. The number of benzene rings is 2. The maximum Gasteiger partial charge on any atom is 0.213 e. The standard InChI is InChI=1S/C20H14BrClN2OS/c21-19-10-9-18(26-19)15-11-16-14-3-1-2-4-17(14)25-20(24(16)23-15)12-5-7-13(22)8-6-12/h1-10,16,20H,11H2/t16-,20+/m1/s1. The molecular weight excluding hydrogens is 432 g/mol. The third kappa shape index (κ3) is 2.75. The molecule has 0 amide bonds. The number of para-hydroxylation sites is 1. The number of hydrazone groups is 1. The van der Waals surface area contributed by atoms with Gasteiger partial charge in [0.15, 0.2) is 0 Å². The fraction of sp³-hybridized carbons (Fsp3) is 0.150. The molecule has 5 rings (SSSR count). The van der Waals surface area contributed by atoms with Crippen LogP contribution in [0.1, 0.15) is 34.7 Å². The molecule has 0 unspecified atom stereocenters. The van der Waals surface area contributed by atoms with Crippen LogP contribution in [0.3, 0.4) is 0 Å². The summed E-state index contributed by atoms with van der Waals surface area (Å²) in [6, 6.07) is 20.4. The van der Waals surface area contributed by atoms with Crippen molar-refractivity contribution < 1.29 is 4.74 Å². The van der Waals surface area contributed by atoms with Crippen molar-refractivity contribution in [3.63, 3.8) is 0 Å². The molecule has 2 aromatic carbocycles. The van der Waals surface area contributed by atoms with E-state index in [2.05, 4.69) is 45.2 Å². The van der Waals surface area contributed by atoms with Crippen LogP contribution < -0.4 is 4.74 Å². The molecule has 2 aliphatic rings. The van der Waals surface area contributed by atoms with Crippen LogP contribution in [0.25, 0.3) is 0 Å².